The lowest BCUT2D eigenvalue weighted by Gasteiger charge is -2.20. The van der Waals surface area contributed by atoms with Crippen molar-refractivity contribution in [3.63, 3.8) is 0 Å². The molecule has 4 nitrogen and oxygen atoms in total. The predicted molar refractivity (Wildman–Crippen MR) is 66.2 cm³/mol. The van der Waals surface area contributed by atoms with E-state index in [4.69, 9.17) is 9.84 Å². The molecule has 16 heavy (non-hydrogen) atoms. The Kier molecular flexibility index (Phi) is 4.76. The van der Waals surface area contributed by atoms with Gasteiger partial charge in [-0.2, -0.15) is 0 Å². The fraction of sp³-hybridized carbons (Fsp3) is 0.364. The van der Waals surface area contributed by atoms with Crippen LogP contribution in [0.2, 0.25) is 0 Å². The summed E-state index contributed by atoms with van der Waals surface area (Å²) >= 11 is 3.26. The van der Waals surface area contributed by atoms with Gasteiger partial charge >= 0.3 is 5.97 Å². The third-order valence-corrected chi connectivity index (χ3v) is 2.72. The molecule has 0 saturated heterocycles. The van der Waals surface area contributed by atoms with E-state index < -0.39 is 5.97 Å². The van der Waals surface area contributed by atoms with E-state index in [1.165, 1.54) is 0 Å². The topological polar surface area (TPSA) is 49.8 Å². The first-order valence-corrected chi connectivity index (χ1v) is 5.58. The molecule has 1 N–H and O–H groups in total. The molecule has 0 aliphatic heterocycles. The number of hydrogen-bond donors (Lipinski definition) is 1. The number of benzene rings is 1. The Hall–Kier alpha value is -1.07. The Bertz CT molecular complexity index is 381. The van der Waals surface area contributed by atoms with Gasteiger partial charge in [0, 0.05) is 25.2 Å². The largest absolute Gasteiger partial charge is 0.478 e. The van der Waals surface area contributed by atoms with Crippen LogP contribution in [0.5, 0.6) is 0 Å². The van der Waals surface area contributed by atoms with Gasteiger partial charge in [-0.05, 0) is 18.2 Å². The van der Waals surface area contributed by atoms with Gasteiger partial charge < -0.3 is 14.7 Å². The van der Waals surface area contributed by atoms with Crippen molar-refractivity contribution >= 4 is 27.6 Å². The molecule has 0 heterocycles. The average Bonchev–Trinajstić information content (AvgIpc) is 2.25. The number of carboxylic acids is 1. The molecule has 5 heteroatoms. The lowest BCUT2D eigenvalue weighted by molar-refractivity contribution is 0.0697. The van der Waals surface area contributed by atoms with Crippen molar-refractivity contribution in [3.8, 4) is 0 Å². The second kappa shape index (κ2) is 5.86. The van der Waals surface area contributed by atoms with Gasteiger partial charge in [0.15, 0.2) is 0 Å². The van der Waals surface area contributed by atoms with Gasteiger partial charge in [0.25, 0.3) is 0 Å². The lowest BCUT2D eigenvalue weighted by Crippen LogP contribution is -2.24. The Morgan fingerprint density at radius 3 is 2.81 bits per heavy atom. The summed E-state index contributed by atoms with van der Waals surface area (Å²) in [4.78, 5) is 12.9. The molecule has 0 aliphatic carbocycles. The van der Waals surface area contributed by atoms with Crippen LogP contribution in [-0.4, -0.2) is 38.4 Å². The first-order chi connectivity index (χ1) is 7.56. The molecule has 0 aliphatic rings. The molecule has 0 atom stereocenters. The molecule has 1 aromatic carbocycles. The van der Waals surface area contributed by atoms with E-state index in [-0.39, 0.29) is 5.56 Å². The van der Waals surface area contributed by atoms with E-state index in [0.717, 1.165) is 4.47 Å². The van der Waals surface area contributed by atoms with Crippen molar-refractivity contribution in [1.82, 2.24) is 0 Å². The van der Waals surface area contributed by atoms with Crippen LogP contribution in [0.1, 0.15) is 10.4 Å². The minimum Gasteiger partial charge on any atom is -0.478 e. The van der Waals surface area contributed by atoms with Gasteiger partial charge in [0.05, 0.1) is 17.9 Å². The number of carboxylic acid groups (broad SMARTS) is 1. The van der Waals surface area contributed by atoms with Crippen molar-refractivity contribution in [2.75, 3.05) is 32.2 Å². The number of rotatable bonds is 5. The maximum atomic E-state index is 11.1. The molecule has 0 unspecified atom stereocenters. The van der Waals surface area contributed by atoms with E-state index in [9.17, 15) is 4.79 Å². The second-order valence-electron chi connectivity index (χ2n) is 3.38. The summed E-state index contributed by atoms with van der Waals surface area (Å²) in [5, 5.41) is 9.09. The highest BCUT2D eigenvalue weighted by Gasteiger charge is 2.13. The van der Waals surface area contributed by atoms with Crippen LogP contribution < -0.4 is 4.90 Å². The van der Waals surface area contributed by atoms with Crippen molar-refractivity contribution in [2.24, 2.45) is 0 Å². The maximum Gasteiger partial charge on any atom is 0.337 e. The third-order valence-electron chi connectivity index (χ3n) is 2.23. The number of aromatic carboxylic acids is 1. The number of anilines is 1. The first kappa shape index (κ1) is 13.0. The normalized spacial score (nSPS) is 10.2. The summed E-state index contributed by atoms with van der Waals surface area (Å²) in [6, 6.07) is 5.20. The maximum absolute atomic E-state index is 11.1. The van der Waals surface area contributed by atoms with Crippen molar-refractivity contribution in [1.29, 1.82) is 0 Å². The SMILES string of the molecule is COCCN(C)c1ccc(Br)cc1C(=O)O. The van der Waals surface area contributed by atoms with Crippen molar-refractivity contribution in [2.45, 2.75) is 0 Å². The molecular formula is C11H14BrNO3. The fourth-order valence-electron chi connectivity index (χ4n) is 1.36. The minimum atomic E-state index is -0.930. The Morgan fingerprint density at radius 1 is 1.56 bits per heavy atom. The fourth-order valence-corrected chi connectivity index (χ4v) is 1.72. The van der Waals surface area contributed by atoms with Crippen LogP contribution in [-0.2, 0) is 4.74 Å². The molecule has 0 amide bonds. The van der Waals surface area contributed by atoms with Gasteiger partial charge in [-0.1, -0.05) is 15.9 Å². The summed E-state index contributed by atoms with van der Waals surface area (Å²) in [7, 11) is 3.46. The summed E-state index contributed by atoms with van der Waals surface area (Å²) in [6.45, 7) is 1.21. The van der Waals surface area contributed by atoms with Gasteiger partial charge in [0.1, 0.15) is 0 Å². The molecule has 0 fully saturated rings. The Labute approximate surface area is 103 Å². The predicted octanol–water partition coefficient (Wildman–Crippen LogP) is 2.23. The molecule has 0 spiro atoms. The van der Waals surface area contributed by atoms with Gasteiger partial charge in [-0.3, -0.25) is 0 Å². The van der Waals surface area contributed by atoms with Crippen LogP contribution in [0.4, 0.5) is 5.69 Å². The van der Waals surface area contributed by atoms with Crippen LogP contribution in [0.15, 0.2) is 22.7 Å². The number of methoxy groups -OCH3 is 1. The molecule has 1 aromatic rings. The summed E-state index contributed by atoms with van der Waals surface area (Å²) < 4.78 is 5.72. The highest BCUT2D eigenvalue weighted by atomic mass is 79.9. The van der Waals surface area contributed by atoms with Gasteiger partial charge in [0.2, 0.25) is 0 Å². The molecule has 88 valence electrons. The highest BCUT2D eigenvalue weighted by Crippen LogP contribution is 2.23. The van der Waals surface area contributed by atoms with Crippen LogP contribution in [0, 0.1) is 0 Å². The van der Waals surface area contributed by atoms with Crippen LogP contribution >= 0.6 is 15.9 Å². The smallest absolute Gasteiger partial charge is 0.337 e. The number of hydrogen-bond acceptors (Lipinski definition) is 3. The quantitative estimate of drug-likeness (QED) is 0.902. The zero-order chi connectivity index (χ0) is 12.1. The van der Waals surface area contributed by atoms with Crippen molar-refractivity contribution in [3.05, 3.63) is 28.2 Å². The molecule has 0 radical (unpaired) electrons. The molecule has 1 rings (SSSR count). The van der Waals surface area contributed by atoms with E-state index in [0.29, 0.717) is 18.8 Å². The standard InChI is InChI=1S/C11H14BrNO3/c1-13(5-6-16-2)10-4-3-8(12)7-9(10)11(14)15/h3-4,7H,5-6H2,1-2H3,(H,14,15). The van der Waals surface area contributed by atoms with E-state index in [1.807, 2.05) is 18.0 Å². The zero-order valence-corrected chi connectivity index (χ0v) is 10.8. The van der Waals surface area contributed by atoms with E-state index in [2.05, 4.69) is 15.9 Å². The highest BCUT2D eigenvalue weighted by molar-refractivity contribution is 9.10. The van der Waals surface area contributed by atoms with Crippen molar-refractivity contribution < 1.29 is 14.6 Å². The second-order valence-corrected chi connectivity index (χ2v) is 4.30. The van der Waals surface area contributed by atoms with E-state index in [1.54, 1.807) is 19.2 Å². The lowest BCUT2D eigenvalue weighted by atomic mass is 10.1. The average molecular weight is 288 g/mol. The Balaban J connectivity index is 2.98. The van der Waals surface area contributed by atoms with E-state index >= 15 is 0 Å². The zero-order valence-electron chi connectivity index (χ0n) is 9.24. The van der Waals surface area contributed by atoms with Crippen LogP contribution in [0.3, 0.4) is 0 Å². The molecular weight excluding hydrogens is 274 g/mol. The summed E-state index contributed by atoms with van der Waals surface area (Å²) in [5.41, 5.74) is 0.973. The molecule has 0 saturated carbocycles. The Morgan fingerprint density at radius 2 is 2.25 bits per heavy atom. The first-order valence-electron chi connectivity index (χ1n) is 4.79. The summed E-state index contributed by atoms with van der Waals surface area (Å²) in [6.07, 6.45) is 0. The molecule has 0 bridgehead atoms. The van der Waals surface area contributed by atoms with Gasteiger partial charge in [-0.15, -0.1) is 0 Å². The minimum absolute atomic E-state index is 0.285. The number of likely N-dealkylation sites (N-methyl/N-ethyl adjacent to an activating group) is 1. The number of halogens is 1. The van der Waals surface area contributed by atoms with Gasteiger partial charge in [-0.25, -0.2) is 4.79 Å². The summed E-state index contributed by atoms with van der Waals surface area (Å²) in [5.74, 6) is -0.930. The third kappa shape index (κ3) is 3.21. The number of carbonyl (C=O) groups is 1. The number of ether oxygens (including phenoxy) is 1. The van der Waals surface area contributed by atoms with Crippen LogP contribution in [0.25, 0.3) is 0 Å². The number of nitrogens with zero attached hydrogens (tertiary/aromatic N) is 1. The molecule has 0 aromatic heterocycles. The monoisotopic (exact) mass is 287 g/mol.